The molecule has 0 aliphatic rings. The van der Waals surface area contributed by atoms with Crippen molar-refractivity contribution in [2.45, 2.75) is 84.1 Å². The van der Waals surface area contributed by atoms with Gasteiger partial charge in [-0.2, -0.15) is 0 Å². The van der Waals surface area contributed by atoms with Crippen LogP contribution in [0.5, 0.6) is 0 Å². The summed E-state index contributed by atoms with van der Waals surface area (Å²) in [4.78, 5) is 11.1. The van der Waals surface area contributed by atoms with Crippen molar-refractivity contribution in [2.24, 2.45) is 7.05 Å². The van der Waals surface area contributed by atoms with E-state index in [0.29, 0.717) is 0 Å². The molecule has 1 heterocycles. The lowest BCUT2D eigenvalue weighted by Gasteiger charge is -2.04. The van der Waals surface area contributed by atoms with Crippen LogP contribution in [0.2, 0.25) is 0 Å². The second kappa shape index (κ2) is 11.3. The Morgan fingerprint density at radius 3 is 2.00 bits per heavy atom. The molecule has 0 saturated heterocycles. The number of hydrogen-bond donors (Lipinski definition) is 0. The zero-order valence-corrected chi connectivity index (χ0v) is 14.4. The van der Waals surface area contributed by atoms with Gasteiger partial charge in [0.2, 0.25) is 0 Å². The minimum Gasteiger partial charge on any atom is -0.538 e. The first-order valence-corrected chi connectivity index (χ1v) is 8.93. The molecule has 0 amide bonds. The van der Waals surface area contributed by atoms with Gasteiger partial charge >= 0.3 is 5.82 Å². The third-order valence-corrected chi connectivity index (χ3v) is 4.26. The molecular formula is C18H32N2O2. The highest BCUT2D eigenvalue weighted by Crippen LogP contribution is 2.11. The molecule has 4 heteroatoms. The summed E-state index contributed by atoms with van der Waals surface area (Å²) >= 11 is 0. The second-order valence-corrected chi connectivity index (χ2v) is 6.25. The maximum absolute atomic E-state index is 11.1. The van der Waals surface area contributed by atoms with Gasteiger partial charge in [0.15, 0.2) is 5.97 Å². The highest BCUT2D eigenvalue weighted by atomic mass is 16.4. The van der Waals surface area contributed by atoms with Crippen molar-refractivity contribution in [3.63, 3.8) is 0 Å². The van der Waals surface area contributed by atoms with Crippen molar-refractivity contribution in [1.29, 1.82) is 0 Å². The Kier molecular flexibility index (Phi) is 9.60. The molecule has 0 radical (unpaired) electrons. The molecule has 0 N–H and O–H groups in total. The van der Waals surface area contributed by atoms with Crippen molar-refractivity contribution in [3.8, 4) is 0 Å². The fraction of sp³-hybridized carbons (Fsp3) is 0.778. The van der Waals surface area contributed by atoms with Crippen LogP contribution in [0.15, 0.2) is 12.4 Å². The summed E-state index contributed by atoms with van der Waals surface area (Å²) in [6.07, 6.45) is 17.9. The summed E-state index contributed by atoms with van der Waals surface area (Å²) in [5.41, 5.74) is 0. The molecule has 0 aliphatic heterocycles. The average Bonchev–Trinajstić information content (AvgIpc) is 2.86. The van der Waals surface area contributed by atoms with Crippen LogP contribution in [0.3, 0.4) is 0 Å². The number of carboxylic acids is 1. The summed E-state index contributed by atoms with van der Waals surface area (Å²) in [7, 11) is 1.74. The molecular weight excluding hydrogens is 276 g/mol. The molecule has 0 fully saturated rings. The first-order valence-electron chi connectivity index (χ1n) is 8.93. The van der Waals surface area contributed by atoms with Crippen molar-refractivity contribution in [2.75, 3.05) is 0 Å². The molecule has 1 rings (SSSR count). The number of nitrogens with zero attached hydrogens (tertiary/aromatic N) is 2. The van der Waals surface area contributed by atoms with Crippen molar-refractivity contribution < 1.29 is 14.5 Å². The van der Waals surface area contributed by atoms with E-state index in [1.165, 1.54) is 64.2 Å². The van der Waals surface area contributed by atoms with Crippen LogP contribution < -0.4 is 9.67 Å². The minimum atomic E-state index is -1.10. The lowest BCUT2D eigenvalue weighted by molar-refractivity contribution is -0.675. The maximum Gasteiger partial charge on any atom is 0.304 e. The molecule has 0 unspecified atom stereocenters. The standard InChI is InChI=1S/C18H32N2O2/c1-3-4-5-6-7-8-9-10-11-12-13-14-20-16-15-19(2)17(20)18(21)22/h15-16H,3-14H2,1-2H3. The summed E-state index contributed by atoms with van der Waals surface area (Å²) in [5.74, 6) is -0.845. The van der Waals surface area contributed by atoms with Gasteiger partial charge in [0, 0.05) is 0 Å². The SMILES string of the molecule is CCCCCCCCCCCCCn1cc[n+](C)c1C(=O)[O-]. The predicted molar refractivity (Wildman–Crippen MR) is 86.4 cm³/mol. The van der Waals surface area contributed by atoms with E-state index < -0.39 is 5.97 Å². The van der Waals surface area contributed by atoms with Crippen molar-refractivity contribution in [1.82, 2.24) is 4.57 Å². The number of aromatic nitrogens is 2. The Labute approximate surface area is 135 Å². The quantitative estimate of drug-likeness (QED) is 0.415. The van der Waals surface area contributed by atoms with Gasteiger partial charge in [0.1, 0.15) is 12.4 Å². The summed E-state index contributed by atoms with van der Waals surface area (Å²) < 4.78 is 3.39. The molecule has 0 bridgehead atoms. The van der Waals surface area contributed by atoms with E-state index in [2.05, 4.69) is 6.92 Å². The van der Waals surface area contributed by atoms with Crippen molar-refractivity contribution >= 4 is 5.97 Å². The van der Waals surface area contributed by atoms with Crippen LogP contribution in [0.1, 0.15) is 88.2 Å². The Hall–Kier alpha value is -1.32. The number of imidazole rings is 1. The number of carbonyl (C=O) groups excluding carboxylic acids is 1. The smallest absolute Gasteiger partial charge is 0.304 e. The molecule has 0 spiro atoms. The monoisotopic (exact) mass is 308 g/mol. The summed E-state index contributed by atoms with van der Waals surface area (Å²) in [6.45, 7) is 3.02. The molecule has 0 aromatic carbocycles. The number of aryl methyl sites for hydroxylation is 2. The number of rotatable bonds is 13. The van der Waals surface area contributed by atoms with E-state index in [9.17, 15) is 9.90 Å². The fourth-order valence-corrected chi connectivity index (χ4v) is 2.91. The van der Waals surface area contributed by atoms with Gasteiger partial charge in [-0.15, -0.1) is 0 Å². The third-order valence-electron chi connectivity index (χ3n) is 4.26. The molecule has 22 heavy (non-hydrogen) atoms. The Morgan fingerprint density at radius 1 is 1.00 bits per heavy atom. The number of carboxylic acid groups (broad SMARTS) is 1. The molecule has 0 atom stereocenters. The maximum atomic E-state index is 11.1. The van der Waals surface area contributed by atoms with E-state index in [4.69, 9.17) is 0 Å². The van der Waals surface area contributed by atoms with E-state index in [-0.39, 0.29) is 5.82 Å². The van der Waals surface area contributed by atoms with Gasteiger partial charge in [-0.3, -0.25) is 0 Å². The zero-order chi connectivity index (χ0) is 16.2. The first kappa shape index (κ1) is 18.7. The zero-order valence-electron chi connectivity index (χ0n) is 14.4. The minimum absolute atomic E-state index is 0.257. The largest absolute Gasteiger partial charge is 0.538 e. The Bertz CT molecular complexity index is 427. The highest BCUT2D eigenvalue weighted by molar-refractivity contribution is 5.79. The molecule has 1 aromatic rings. The summed E-state index contributed by atoms with van der Waals surface area (Å²) in [6, 6.07) is 0. The van der Waals surface area contributed by atoms with Crippen LogP contribution in [0.25, 0.3) is 0 Å². The normalized spacial score (nSPS) is 11.0. The highest BCUT2D eigenvalue weighted by Gasteiger charge is 2.14. The first-order chi connectivity index (χ1) is 10.7. The number of carbonyl (C=O) groups is 1. The number of unbranched alkanes of at least 4 members (excludes halogenated alkanes) is 10. The second-order valence-electron chi connectivity index (χ2n) is 6.25. The van der Waals surface area contributed by atoms with E-state index >= 15 is 0 Å². The van der Waals surface area contributed by atoms with E-state index in [0.717, 1.165) is 13.0 Å². The predicted octanol–water partition coefficient (Wildman–Crippen LogP) is 2.99. The molecule has 1 aromatic heterocycles. The molecule has 0 aliphatic carbocycles. The van der Waals surface area contributed by atoms with E-state index in [1.807, 2.05) is 6.20 Å². The Balaban J connectivity index is 2.01. The number of hydrogen-bond acceptors (Lipinski definition) is 2. The summed E-state index contributed by atoms with van der Waals surface area (Å²) in [5, 5.41) is 11.1. The van der Waals surface area contributed by atoms with Crippen LogP contribution in [-0.2, 0) is 13.6 Å². The fourth-order valence-electron chi connectivity index (χ4n) is 2.91. The van der Waals surface area contributed by atoms with Crippen LogP contribution in [0.4, 0.5) is 0 Å². The topological polar surface area (TPSA) is 48.9 Å². The third kappa shape index (κ3) is 7.10. The number of aromatic carboxylic acids is 1. The van der Waals surface area contributed by atoms with E-state index in [1.54, 1.807) is 22.4 Å². The van der Waals surface area contributed by atoms with Gasteiger partial charge in [0.25, 0.3) is 0 Å². The molecule has 4 nitrogen and oxygen atoms in total. The van der Waals surface area contributed by atoms with Crippen LogP contribution >= 0.6 is 0 Å². The molecule has 126 valence electrons. The van der Waals surface area contributed by atoms with Crippen molar-refractivity contribution in [3.05, 3.63) is 18.2 Å². The lowest BCUT2D eigenvalue weighted by Crippen LogP contribution is -2.41. The van der Waals surface area contributed by atoms with Gasteiger partial charge in [-0.1, -0.05) is 64.7 Å². The van der Waals surface area contributed by atoms with Gasteiger partial charge in [-0.25, -0.2) is 9.13 Å². The Morgan fingerprint density at radius 2 is 1.50 bits per heavy atom. The van der Waals surface area contributed by atoms with Gasteiger partial charge in [-0.05, 0) is 12.8 Å². The van der Waals surface area contributed by atoms with Crippen LogP contribution in [0, 0.1) is 0 Å². The lowest BCUT2D eigenvalue weighted by atomic mass is 10.1. The average molecular weight is 308 g/mol. The molecule has 0 saturated carbocycles. The van der Waals surface area contributed by atoms with Gasteiger partial charge < -0.3 is 9.90 Å². The van der Waals surface area contributed by atoms with Crippen LogP contribution in [-0.4, -0.2) is 10.5 Å². The van der Waals surface area contributed by atoms with Gasteiger partial charge in [0.05, 0.1) is 13.6 Å².